The first-order chi connectivity index (χ1) is 11.0. The van der Waals surface area contributed by atoms with Crippen molar-refractivity contribution in [1.82, 2.24) is 25.5 Å². The van der Waals surface area contributed by atoms with Gasteiger partial charge in [0.1, 0.15) is 6.54 Å². The van der Waals surface area contributed by atoms with Gasteiger partial charge in [0.2, 0.25) is 6.23 Å². The van der Waals surface area contributed by atoms with Crippen molar-refractivity contribution in [3.8, 4) is 0 Å². The number of nitrogens with zero attached hydrogens (tertiary/aromatic N) is 4. The van der Waals surface area contributed by atoms with Crippen LogP contribution in [0.4, 0.5) is 4.79 Å². The molecule has 2 unspecified atom stereocenters. The monoisotopic (exact) mass is 341 g/mol. The number of aliphatic carboxylic acids is 1. The molecule has 0 fully saturated rings. The lowest BCUT2D eigenvalue weighted by Crippen LogP contribution is -2.41. The van der Waals surface area contributed by atoms with Gasteiger partial charge in [0.25, 0.3) is 0 Å². The maximum atomic E-state index is 11.7. The van der Waals surface area contributed by atoms with Crippen LogP contribution in [0.2, 0.25) is 5.02 Å². The number of carboxylic acid groups (broad SMARTS) is 1. The normalized spacial score (nSPS) is 13.1. The molecule has 2 atom stereocenters. The van der Waals surface area contributed by atoms with Crippen LogP contribution in [0.15, 0.2) is 30.6 Å². The van der Waals surface area contributed by atoms with Crippen molar-refractivity contribution in [3.63, 3.8) is 0 Å². The molecule has 2 rings (SSSR count). The summed E-state index contributed by atoms with van der Waals surface area (Å²) in [6.45, 7) is 0.000317. The van der Waals surface area contributed by atoms with Crippen LogP contribution < -0.4 is 5.32 Å². The van der Waals surface area contributed by atoms with E-state index in [0.29, 0.717) is 10.6 Å². The SMILES string of the molecule is O=C(NC(O)C(=O)O)OC(Cn1ncnn1)c1ccccc1Cl. The zero-order chi connectivity index (χ0) is 16.8. The summed E-state index contributed by atoms with van der Waals surface area (Å²) in [6, 6.07) is 6.62. The third-order valence-electron chi connectivity index (χ3n) is 2.71. The zero-order valence-electron chi connectivity index (χ0n) is 11.5. The van der Waals surface area contributed by atoms with Crippen LogP contribution in [0.3, 0.4) is 0 Å². The lowest BCUT2D eigenvalue weighted by Gasteiger charge is -2.19. The molecule has 1 aromatic heterocycles. The Morgan fingerprint density at radius 1 is 1.39 bits per heavy atom. The molecule has 122 valence electrons. The molecule has 1 heterocycles. The first kappa shape index (κ1) is 16.6. The van der Waals surface area contributed by atoms with Crippen molar-refractivity contribution in [3.05, 3.63) is 41.2 Å². The van der Waals surface area contributed by atoms with Crippen molar-refractivity contribution in [2.24, 2.45) is 0 Å². The minimum absolute atomic E-state index is 0.000317. The largest absolute Gasteiger partial charge is 0.478 e. The molecule has 0 radical (unpaired) electrons. The van der Waals surface area contributed by atoms with Crippen molar-refractivity contribution >= 4 is 23.7 Å². The number of carbonyl (C=O) groups is 2. The summed E-state index contributed by atoms with van der Waals surface area (Å²) in [6.07, 6.45) is -2.93. The minimum atomic E-state index is -2.08. The Labute approximate surface area is 134 Å². The summed E-state index contributed by atoms with van der Waals surface area (Å²) >= 11 is 6.08. The number of hydrogen-bond donors (Lipinski definition) is 3. The maximum Gasteiger partial charge on any atom is 0.410 e. The van der Waals surface area contributed by atoms with Crippen LogP contribution in [-0.4, -0.2) is 48.7 Å². The van der Waals surface area contributed by atoms with E-state index in [1.54, 1.807) is 29.6 Å². The molecule has 10 nitrogen and oxygen atoms in total. The second-order valence-electron chi connectivity index (χ2n) is 4.29. The fourth-order valence-corrected chi connectivity index (χ4v) is 1.95. The Kier molecular flexibility index (Phi) is 5.44. The number of nitrogens with one attached hydrogen (secondary N) is 1. The number of tetrazole rings is 1. The summed E-state index contributed by atoms with van der Waals surface area (Å²) in [7, 11) is 0. The molecule has 0 saturated heterocycles. The van der Waals surface area contributed by atoms with E-state index in [4.69, 9.17) is 26.6 Å². The van der Waals surface area contributed by atoms with E-state index in [1.807, 2.05) is 0 Å². The number of halogens is 1. The number of alkyl carbamates (subject to hydrolysis) is 1. The van der Waals surface area contributed by atoms with Crippen LogP contribution in [-0.2, 0) is 16.1 Å². The predicted octanol–water partition coefficient (Wildman–Crippen LogP) is 0.197. The highest BCUT2D eigenvalue weighted by atomic mass is 35.5. The van der Waals surface area contributed by atoms with Crippen molar-refractivity contribution in [1.29, 1.82) is 0 Å². The summed E-state index contributed by atoms with van der Waals surface area (Å²) in [4.78, 5) is 23.4. The molecule has 11 heteroatoms. The van der Waals surface area contributed by atoms with Gasteiger partial charge >= 0.3 is 12.1 Å². The highest BCUT2D eigenvalue weighted by Gasteiger charge is 2.24. The standard InChI is InChI=1S/C12H12ClN5O5/c13-8-4-2-1-3-7(8)9(5-18-15-6-14-17-18)23-12(22)16-10(19)11(20)21/h1-4,6,9-10,19H,5H2,(H,16,22)(H,20,21). The average Bonchev–Trinajstić information content (AvgIpc) is 3.00. The molecular formula is C12H12ClN5O5. The van der Waals surface area contributed by atoms with Gasteiger partial charge in [-0.25, -0.2) is 9.59 Å². The van der Waals surface area contributed by atoms with E-state index in [-0.39, 0.29) is 6.54 Å². The Morgan fingerprint density at radius 2 is 2.13 bits per heavy atom. The van der Waals surface area contributed by atoms with E-state index in [9.17, 15) is 9.59 Å². The highest BCUT2D eigenvalue weighted by molar-refractivity contribution is 6.31. The van der Waals surface area contributed by atoms with Gasteiger partial charge in [-0.2, -0.15) is 4.80 Å². The first-order valence-electron chi connectivity index (χ1n) is 6.30. The number of aliphatic hydroxyl groups excluding tert-OH is 1. The molecule has 0 bridgehead atoms. The zero-order valence-corrected chi connectivity index (χ0v) is 12.3. The van der Waals surface area contributed by atoms with Gasteiger partial charge in [-0.3, -0.25) is 5.32 Å². The van der Waals surface area contributed by atoms with Crippen molar-refractivity contribution < 1.29 is 24.5 Å². The van der Waals surface area contributed by atoms with Crippen LogP contribution in [0.5, 0.6) is 0 Å². The van der Waals surface area contributed by atoms with Crippen LogP contribution >= 0.6 is 11.6 Å². The number of benzene rings is 1. The van der Waals surface area contributed by atoms with E-state index in [1.165, 1.54) is 11.1 Å². The van der Waals surface area contributed by atoms with Crippen molar-refractivity contribution in [2.45, 2.75) is 18.9 Å². The third kappa shape index (κ3) is 4.63. The number of amides is 1. The molecule has 0 saturated carbocycles. The number of aliphatic hydroxyl groups is 1. The fraction of sp³-hybridized carbons (Fsp3) is 0.250. The number of aromatic nitrogens is 4. The molecule has 0 spiro atoms. The minimum Gasteiger partial charge on any atom is -0.478 e. The molecule has 2 aromatic rings. The molecule has 0 aliphatic carbocycles. The van der Waals surface area contributed by atoms with E-state index in [0.717, 1.165) is 0 Å². The van der Waals surface area contributed by atoms with Crippen LogP contribution in [0.1, 0.15) is 11.7 Å². The summed E-state index contributed by atoms with van der Waals surface area (Å²) in [5.74, 6) is -1.62. The van der Waals surface area contributed by atoms with Crippen LogP contribution in [0.25, 0.3) is 0 Å². The summed E-state index contributed by atoms with van der Waals surface area (Å²) < 4.78 is 5.13. The molecule has 1 aromatic carbocycles. The van der Waals surface area contributed by atoms with E-state index in [2.05, 4.69) is 15.4 Å². The second kappa shape index (κ2) is 7.51. The van der Waals surface area contributed by atoms with Gasteiger partial charge in [-0.05, 0) is 11.3 Å². The van der Waals surface area contributed by atoms with Gasteiger partial charge in [0, 0.05) is 10.6 Å². The Morgan fingerprint density at radius 3 is 2.74 bits per heavy atom. The number of rotatable bonds is 6. The second-order valence-corrected chi connectivity index (χ2v) is 4.70. The lowest BCUT2D eigenvalue weighted by molar-refractivity contribution is -0.148. The quantitative estimate of drug-likeness (QED) is 0.633. The van der Waals surface area contributed by atoms with E-state index >= 15 is 0 Å². The topological polar surface area (TPSA) is 139 Å². The Balaban J connectivity index is 2.15. The van der Waals surface area contributed by atoms with Gasteiger partial charge < -0.3 is 14.9 Å². The van der Waals surface area contributed by atoms with Gasteiger partial charge in [0.05, 0.1) is 0 Å². The Bertz CT molecular complexity index is 680. The molecule has 3 N–H and O–H groups in total. The number of hydrogen-bond acceptors (Lipinski definition) is 7. The first-order valence-corrected chi connectivity index (χ1v) is 6.68. The number of carboxylic acids is 1. The predicted molar refractivity (Wildman–Crippen MR) is 75.3 cm³/mol. The van der Waals surface area contributed by atoms with Crippen molar-refractivity contribution in [2.75, 3.05) is 0 Å². The van der Waals surface area contributed by atoms with E-state index < -0.39 is 24.4 Å². The van der Waals surface area contributed by atoms with Gasteiger partial charge in [-0.15, -0.1) is 10.2 Å². The maximum absolute atomic E-state index is 11.7. The number of ether oxygens (including phenoxy) is 1. The molecular weight excluding hydrogens is 330 g/mol. The lowest BCUT2D eigenvalue weighted by atomic mass is 10.1. The molecule has 0 aliphatic heterocycles. The summed E-state index contributed by atoms with van der Waals surface area (Å²) in [5.41, 5.74) is 0.464. The molecule has 1 amide bonds. The fourth-order valence-electron chi connectivity index (χ4n) is 1.69. The molecule has 0 aliphatic rings. The van der Waals surface area contributed by atoms with Crippen LogP contribution in [0, 0.1) is 0 Å². The Hall–Kier alpha value is -2.72. The summed E-state index contributed by atoms with van der Waals surface area (Å²) in [5, 5.41) is 30.8. The third-order valence-corrected chi connectivity index (χ3v) is 3.05. The van der Waals surface area contributed by atoms with Gasteiger partial charge in [-0.1, -0.05) is 29.8 Å². The van der Waals surface area contributed by atoms with Gasteiger partial charge in [0.15, 0.2) is 12.4 Å². The molecule has 23 heavy (non-hydrogen) atoms. The average molecular weight is 342 g/mol. The smallest absolute Gasteiger partial charge is 0.410 e. The number of carbonyl (C=O) groups excluding carboxylic acids is 1. The highest BCUT2D eigenvalue weighted by Crippen LogP contribution is 2.26.